The lowest BCUT2D eigenvalue weighted by atomic mass is 9.86. The minimum absolute atomic E-state index is 0.0368. The van der Waals surface area contributed by atoms with Gasteiger partial charge in [0.2, 0.25) is 11.0 Å². The Balaban J connectivity index is 1.59. The molecule has 0 spiro atoms. The van der Waals surface area contributed by atoms with Crippen LogP contribution in [0.15, 0.2) is 42.5 Å². The summed E-state index contributed by atoms with van der Waals surface area (Å²) in [5.41, 5.74) is 3.81. The van der Waals surface area contributed by atoms with Gasteiger partial charge in [0.25, 0.3) is 0 Å². The third-order valence-electron chi connectivity index (χ3n) is 5.51. The van der Waals surface area contributed by atoms with Gasteiger partial charge in [-0.3, -0.25) is 4.79 Å². The van der Waals surface area contributed by atoms with Crippen LogP contribution in [0.3, 0.4) is 0 Å². The number of amides is 1. The fourth-order valence-corrected chi connectivity index (χ4v) is 5.15. The van der Waals surface area contributed by atoms with E-state index in [1.165, 1.54) is 11.3 Å². The quantitative estimate of drug-likeness (QED) is 0.446. The van der Waals surface area contributed by atoms with Crippen molar-refractivity contribution in [1.82, 2.24) is 14.8 Å². The molecule has 1 atom stereocenters. The molecule has 7 nitrogen and oxygen atoms in total. The molecule has 1 aliphatic heterocycles. The Kier molecular flexibility index (Phi) is 5.30. The van der Waals surface area contributed by atoms with Crippen molar-refractivity contribution in [2.75, 3.05) is 18.5 Å². The maximum absolute atomic E-state index is 12.7. The molecule has 1 N–H and O–H groups in total. The number of aromatic nitrogens is 3. The highest BCUT2D eigenvalue weighted by molar-refractivity contribution is 7.20. The minimum atomic E-state index is -0.0909. The average molecular weight is 449 g/mol. The maximum Gasteiger partial charge on any atom is 0.226 e. The van der Waals surface area contributed by atoms with Gasteiger partial charge < -0.3 is 14.8 Å². The first-order valence-corrected chi connectivity index (χ1v) is 11.5. The molecule has 0 fully saturated rings. The molecule has 164 valence electrons. The highest BCUT2D eigenvalue weighted by Gasteiger charge is 2.33. The molecule has 3 heterocycles. The zero-order valence-corrected chi connectivity index (χ0v) is 19.0. The number of rotatable bonds is 6. The van der Waals surface area contributed by atoms with Gasteiger partial charge in [-0.1, -0.05) is 23.5 Å². The van der Waals surface area contributed by atoms with Crippen LogP contribution in [0.1, 0.15) is 43.0 Å². The van der Waals surface area contributed by atoms with E-state index in [1.54, 1.807) is 4.68 Å². The number of hydrogen-bond acceptors (Lipinski definition) is 6. The normalized spacial score (nSPS) is 15.5. The topological polar surface area (TPSA) is 78.3 Å². The molecule has 2 aromatic carbocycles. The van der Waals surface area contributed by atoms with Crippen LogP contribution in [0.2, 0.25) is 0 Å². The Hall–Kier alpha value is -3.39. The van der Waals surface area contributed by atoms with Crippen LogP contribution in [-0.2, 0) is 4.79 Å². The maximum atomic E-state index is 12.7. The summed E-state index contributed by atoms with van der Waals surface area (Å²) in [7, 11) is 0. The smallest absolute Gasteiger partial charge is 0.226 e. The van der Waals surface area contributed by atoms with Crippen molar-refractivity contribution in [3.8, 4) is 16.6 Å². The Labute approximate surface area is 190 Å². The summed E-state index contributed by atoms with van der Waals surface area (Å²) < 4.78 is 14.1. The summed E-state index contributed by atoms with van der Waals surface area (Å²) in [6, 6.07) is 13.8. The first kappa shape index (κ1) is 20.5. The van der Waals surface area contributed by atoms with Crippen molar-refractivity contribution in [1.29, 1.82) is 0 Å². The second-order valence-corrected chi connectivity index (χ2v) is 8.64. The highest BCUT2D eigenvalue weighted by Crippen LogP contribution is 2.41. The molecule has 1 aliphatic rings. The molecule has 0 unspecified atom stereocenters. The van der Waals surface area contributed by atoms with Crippen LogP contribution in [-0.4, -0.2) is 33.9 Å². The minimum Gasteiger partial charge on any atom is -0.494 e. The Morgan fingerprint density at radius 2 is 1.91 bits per heavy atom. The van der Waals surface area contributed by atoms with Crippen LogP contribution in [0.25, 0.3) is 15.3 Å². The second-order valence-electron chi connectivity index (χ2n) is 7.63. The average Bonchev–Trinajstić information content (AvgIpc) is 3.34. The number of nitrogens with one attached hydrogen (secondary N) is 1. The zero-order valence-electron chi connectivity index (χ0n) is 18.2. The molecule has 0 radical (unpaired) electrons. The van der Waals surface area contributed by atoms with Gasteiger partial charge in [-0.25, -0.2) is 4.98 Å². The second kappa shape index (κ2) is 8.27. The lowest BCUT2D eigenvalue weighted by Gasteiger charge is -2.24. The molecule has 0 saturated heterocycles. The number of carbonyl (C=O) groups is 1. The van der Waals surface area contributed by atoms with E-state index in [0.717, 1.165) is 38.5 Å². The summed E-state index contributed by atoms with van der Waals surface area (Å²) in [4.78, 5) is 17.4. The van der Waals surface area contributed by atoms with E-state index >= 15 is 0 Å². The molecule has 1 amide bonds. The summed E-state index contributed by atoms with van der Waals surface area (Å²) >= 11 is 1.52. The number of fused-ring (bicyclic) bond motifs is 2. The summed E-state index contributed by atoms with van der Waals surface area (Å²) in [6.45, 7) is 7.11. The van der Waals surface area contributed by atoms with E-state index in [1.807, 2.05) is 63.2 Å². The number of nitrogens with zero attached hydrogens (tertiary/aromatic N) is 3. The van der Waals surface area contributed by atoms with Crippen LogP contribution in [0.5, 0.6) is 11.5 Å². The molecular weight excluding hydrogens is 424 g/mol. The Bertz CT molecular complexity index is 1310. The third kappa shape index (κ3) is 3.60. The Morgan fingerprint density at radius 3 is 2.69 bits per heavy atom. The summed E-state index contributed by atoms with van der Waals surface area (Å²) in [6.07, 6.45) is 0.368. The fraction of sp³-hybridized carbons (Fsp3) is 0.292. The van der Waals surface area contributed by atoms with Crippen LogP contribution < -0.4 is 14.8 Å². The summed E-state index contributed by atoms with van der Waals surface area (Å²) in [5, 5.41) is 8.52. The number of carbonyl (C=O) groups excluding carboxylic acids is 1. The van der Waals surface area contributed by atoms with Crippen LogP contribution >= 0.6 is 11.3 Å². The number of aryl methyl sites for hydroxylation is 1. The van der Waals surface area contributed by atoms with Gasteiger partial charge in [-0.2, -0.15) is 9.78 Å². The molecule has 32 heavy (non-hydrogen) atoms. The van der Waals surface area contributed by atoms with E-state index in [0.29, 0.717) is 30.6 Å². The lowest BCUT2D eigenvalue weighted by molar-refractivity contribution is -0.116. The molecule has 5 rings (SSSR count). The predicted octanol–water partition coefficient (Wildman–Crippen LogP) is 5.06. The van der Waals surface area contributed by atoms with Gasteiger partial charge in [-0.15, -0.1) is 0 Å². The first-order valence-electron chi connectivity index (χ1n) is 10.7. The van der Waals surface area contributed by atoms with Gasteiger partial charge in [0, 0.05) is 17.9 Å². The molecule has 8 heteroatoms. The molecule has 4 aromatic rings. The molecule has 2 aromatic heterocycles. The van der Waals surface area contributed by atoms with E-state index in [2.05, 4.69) is 5.32 Å². The third-order valence-corrected chi connectivity index (χ3v) is 6.51. The van der Waals surface area contributed by atoms with Gasteiger partial charge in [0.1, 0.15) is 17.3 Å². The first-order chi connectivity index (χ1) is 15.6. The lowest BCUT2D eigenvalue weighted by Crippen LogP contribution is -2.25. The SMILES string of the molecule is CCOc1cccc([C@@H]2CC(=O)Nc3c2c(C)nn3-c2nc3ccc(OCC)cc3s2)c1. The van der Waals surface area contributed by atoms with Crippen molar-refractivity contribution in [2.24, 2.45) is 0 Å². The number of benzene rings is 2. The predicted molar refractivity (Wildman–Crippen MR) is 125 cm³/mol. The van der Waals surface area contributed by atoms with E-state index in [4.69, 9.17) is 19.6 Å². The van der Waals surface area contributed by atoms with Crippen molar-refractivity contribution in [3.63, 3.8) is 0 Å². The molecular formula is C24H24N4O3S. The van der Waals surface area contributed by atoms with Crippen molar-refractivity contribution >= 4 is 33.3 Å². The van der Waals surface area contributed by atoms with E-state index in [9.17, 15) is 4.79 Å². The van der Waals surface area contributed by atoms with Gasteiger partial charge in [0.05, 0.1) is 29.1 Å². The van der Waals surface area contributed by atoms with Gasteiger partial charge in [-0.05, 0) is 56.7 Å². The zero-order chi connectivity index (χ0) is 22.2. The van der Waals surface area contributed by atoms with E-state index in [-0.39, 0.29) is 11.8 Å². The highest BCUT2D eigenvalue weighted by atomic mass is 32.1. The number of hydrogen-bond donors (Lipinski definition) is 1. The number of thiazole rings is 1. The standard InChI is InChI=1S/C24H24N4O3S/c1-4-30-16-8-6-7-15(11-16)18-13-21(29)26-23-22(18)14(3)27-28(23)24-25-19-10-9-17(31-5-2)12-20(19)32-24/h6-12,18H,4-5,13H2,1-3H3,(H,26,29)/t18-/m0/s1. The van der Waals surface area contributed by atoms with Gasteiger partial charge >= 0.3 is 0 Å². The fourth-order valence-electron chi connectivity index (χ4n) is 4.20. The number of ether oxygens (including phenoxy) is 2. The van der Waals surface area contributed by atoms with Crippen LogP contribution in [0.4, 0.5) is 5.82 Å². The Morgan fingerprint density at radius 1 is 1.12 bits per heavy atom. The van der Waals surface area contributed by atoms with Crippen molar-refractivity contribution < 1.29 is 14.3 Å². The number of anilines is 1. The largest absolute Gasteiger partial charge is 0.494 e. The molecule has 0 saturated carbocycles. The van der Waals surface area contributed by atoms with Crippen molar-refractivity contribution in [3.05, 3.63) is 59.3 Å². The van der Waals surface area contributed by atoms with Crippen molar-refractivity contribution in [2.45, 2.75) is 33.1 Å². The van der Waals surface area contributed by atoms with E-state index < -0.39 is 0 Å². The molecule has 0 aliphatic carbocycles. The van der Waals surface area contributed by atoms with Crippen LogP contribution in [0, 0.1) is 6.92 Å². The van der Waals surface area contributed by atoms with Gasteiger partial charge in [0.15, 0.2) is 0 Å². The monoisotopic (exact) mass is 448 g/mol. The summed E-state index contributed by atoms with van der Waals surface area (Å²) in [5.74, 6) is 2.18. The molecule has 0 bridgehead atoms.